The Labute approximate surface area is 200 Å². The quantitative estimate of drug-likeness (QED) is 0.548. The van der Waals surface area contributed by atoms with Crippen LogP contribution in [-0.4, -0.2) is 19.3 Å². The molecule has 0 fully saturated rings. The van der Waals surface area contributed by atoms with E-state index in [1.807, 2.05) is 64.5 Å². The molecule has 3 aromatic rings. The number of carbonyl (C=O) groups is 1. The molecule has 0 radical (unpaired) electrons. The molecule has 1 N–H and O–H groups in total. The largest absolute Gasteiger partial charge is 0.438 e. The number of hydrogen-bond acceptors (Lipinski definition) is 6. The van der Waals surface area contributed by atoms with Crippen LogP contribution in [0.15, 0.2) is 53.4 Å². The van der Waals surface area contributed by atoms with Crippen LogP contribution in [0.4, 0.5) is 0 Å². The first-order valence-corrected chi connectivity index (χ1v) is 12.2. The SMILES string of the molecule is Cc1cc(C)c(Oc2nc(C(C)(C)C)ccc2C(=O)NS(=O)(=O)c2ccccc2C#N)c(C)c1. The summed E-state index contributed by atoms with van der Waals surface area (Å²) in [6, 6.07) is 14.6. The number of amides is 1. The van der Waals surface area contributed by atoms with E-state index in [0.29, 0.717) is 11.4 Å². The fourth-order valence-electron chi connectivity index (χ4n) is 3.56. The number of benzene rings is 2. The van der Waals surface area contributed by atoms with Crippen molar-refractivity contribution >= 4 is 15.9 Å². The van der Waals surface area contributed by atoms with E-state index in [1.54, 1.807) is 12.1 Å². The van der Waals surface area contributed by atoms with Crippen molar-refractivity contribution in [2.75, 3.05) is 0 Å². The van der Waals surface area contributed by atoms with Crippen molar-refractivity contribution in [3.8, 4) is 17.7 Å². The standard InChI is InChI=1S/C26H27N3O4S/c1-16-13-17(2)23(18(3)14-16)33-25-20(11-12-22(28-25)26(4,5)6)24(30)29-34(31,32)21-10-8-7-9-19(21)15-27/h7-14H,1-6H3,(H,29,30). The van der Waals surface area contributed by atoms with E-state index in [4.69, 9.17) is 4.74 Å². The molecular weight excluding hydrogens is 450 g/mol. The maximum atomic E-state index is 13.1. The molecule has 1 aromatic heterocycles. The molecule has 0 atom stereocenters. The van der Waals surface area contributed by atoms with Gasteiger partial charge in [-0.05, 0) is 56.2 Å². The zero-order valence-electron chi connectivity index (χ0n) is 20.1. The molecule has 2 aromatic carbocycles. The number of pyridine rings is 1. The molecule has 1 heterocycles. The van der Waals surface area contributed by atoms with Crippen LogP contribution < -0.4 is 9.46 Å². The van der Waals surface area contributed by atoms with Crippen molar-refractivity contribution in [1.82, 2.24) is 9.71 Å². The van der Waals surface area contributed by atoms with Crippen LogP contribution in [0.1, 0.15) is 59.1 Å². The molecule has 1 amide bonds. The van der Waals surface area contributed by atoms with Crippen molar-refractivity contribution < 1.29 is 17.9 Å². The van der Waals surface area contributed by atoms with Gasteiger partial charge in [-0.15, -0.1) is 0 Å². The molecule has 0 saturated carbocycles. The van der Waals surface area contributed by atoms with Gasteiger partial charge in [0.2, 0.25) is 5.88 Å². The summed E-state index contributed by atoms with van der Waals surface area (Å²) in [5.74, 6) is -0.349. The molecule has 0 saturated heterocycles. The number of aromatic nitrogens is 1. The minimum absolute atomic E-state index is 0.00347. The lowest BCUT2D eigenvalue weighted by molar-refractivity contribution is 0.0978. The summed E-state index contributed by atoms with van der Waals surface area (Å²) in [4.78, 5) is 17.4. The number of sulfonamides is 1. The highest BCUT2D eigenvalue weighted by Gasteiger charge is 2.26. The van der Waals surface area contributed by atoms with Crippen LogP contribution in [0.3, 0.4) is 0 Å². The third-order valence-corrected chi connectivity index (χ3v) is 6.59. The molecule has 0 bridgehead atoms. The summed E-state index contributed by atoms with van der Waals surface area (Å²) in [5.41, 5.74) is 3.04. The maximum Gasteiger partial charge on any atom is 0.270 e. The highest BCUT2D eigenvalue weighted by atomic mass is 32.2. The Morgan fingerprint density at radius 3 is 2.24 bits per heavy atom. The summed E-state index contributed by atoms with van der Waals surface area (Å²) in [7, 11) is -4.31. The predicted molar refractivity (Wildman–Crippen MR) is 129 cm³/mol. The van der Waals surface area contributed by atoms with Gasteiger partial charge >= 0.3 is 0 Å². The summed E-state index contributed by atoms with van der Waals surface area (Å²) in [5, 5.41) is 9.26. The first kappa shape index (κ1) is 24.9. The summed E-state index contributed by atoms with van der Waals surface area (Å²) >= 11 is 0. The third-order valence-electron chi connectivity index (χ3n) is 5.20. The lowest BCUT2D eigenvalue weighted by atomic mass is 9.91. The molecule has 0 spiro atoms. The fourth-order valence-corrected chi connectivity index (χ4v) is 4.68. The number of nitrogens with one attached hydrogen (secondary N) is 1. The molecule has 0 aliphatic carbocycles. The minimum atomic E-state index is -4.31. The van der Waals surface area contributed by atoms with Crippen molar-refractivity contribution in [3.05, 3.63) is 82.0 Å². The second kappa shape index (κ2) is 9.27. The summed E-state index contributed by atoms with van der Waals surface area (Å²) in [6.07, 6.45) is 0. The average Bonchev–Trinajstić information content (AvgIpc) is 2.75. The van der Waals surface area contributed by atoms with Crippen molar-refractivity contribution in [2.24, 2.45) is 0 Å². The van der Waals surface area contributed by atoms with Crippen molar-refractivity contribution in [2.45, 2.75) is 51.9 Å². The van der Waals surface area contributed by atoms with Crippen LogP contribution in [-0.2, 0) is 15.4 Å². The Morgan fingerprint density at radius 2 is 1.65 bits per heavy atom. The topological polar surface area (TPSA) is 109 Å². The van der Waals surface area contributed by atoms with Gasteiger partial charge in [-0.25, -0.2) is 18.1 Å². The minimum Gasteiger partial charge on any atom is -0.438 e. The van der Waals surface area contributed by atoms with Gasteiger partial charge in [0.05, 0.1) is 5.56 Å². The van der Waals surface area contributed by atoms with Gasteiger partial charge in [0.15, 0.2) is 0 Å². The predicted octanol–water partition coefficient (Wildman–Crippen LogP) is 5.09. The van der Waals surface area contributed by atoms with Gasteiger partial charge in [0, 0.05) is 11.1 Å². The second-order valence-corrected chi connectivity index (χ2v) is 10.8. The van der Waals surface area contributed by atoms with Crippen molar-refractivity contribution in [3.63, 3.8) is 0 Å². The molecule has 34 heavy (non-hydrogen) atoms. The van der Waals surface area contributed by atoms with E-state index in [1.165, 1.54) is 24.3 Å². The smallest absolute Gasteiger partial charge is 0.270 e. The van der Waals surface area contributed by atoms with Crippen molar-refractivity contribution in [1.29, 1.82) is 5.26 Å². The first-order chi connectivity index (χ1) is 15.8. The number of rotatable bonds is 5. The van der Waals surface area contributed by atoms with Crippen LogP contribution in [0.5, 0.6) is 11.6 Å². The molecule has 7 nitrogen and oxygen atoms in total. The lowest BCUT2D eigenvalue weighted by Crippen LogP contribution is -2.31. The molecule has 0 unspecified atom stereocenters. The number of carbonyl (C=O) groups excluding carboxylic acids is 1. The molecule has 3 rings (SSSR count). The number of aryl methyl sites for hydroxylation is 3. The Morgan fingerprint density at radius 1 is 1.03 bits per heavy atom. The van der Waals surface area contributed by atoms with Gasteiger partial charge in [-0.3, -0.25) is 4.79 Å². The van der Waals surface area contributed by atoms with Gasteiger partial charge in [0.25, 0.3) is 15.9 Å². The average molecular weight is 478 g/mol. The van der Waals surface area contributed by atoms with E-state index in [2.05, 4.69) is 4.98 Å². The first-order valence-electron chi connectivity index (χ1n) is 10.7. The Bertz CT molecular complexity index is 1390. The maximum absolute atomic E-state index is 13.1. The normalized spacial score (nSPS) is 11.6. The number of hydrogen-bond donors (Lipinski definition) is 1. The third kappa shape index (κ3) is 5.26. The molecule has 176 valence electrons. The number of ether oxygens (including phenoxy) is 1. The number of nitriles is 1. The van der Waals surface area contributed by atoms with Gasteiger partial charge in [-0.1, -0.05) is 50.6 Å². The Balaban J connectivity index is 2.07. The second-order valence-electron chi connectivity index (χ2n) is 9.17. The van der Waals surface area contributed by atoms with Crippen LogP contribution in [0, 0.1) is 32.1 Å². The number of nitrogens with zero attached hydrogens (tertiary/aromatic N) is 2. The molecule has 8 heteroatoms. The van der Waals surface area contributed by atoms with Gasteiger partial charge in [0.1, 0.15) is 22.3 Å². The summed E-state index contributed by atoms with van der Waals surface area (Å²) < 4.78 is 34.0. The molecule has 0 aliphatic rings. The van der Waals surface area contributed by atoms with E-state index >= 15 is 0 Å². The van der Waals surface area contributed by atoms with Crippen LogP contribution in [0.2, 0.25) is 0 Å². The van der Waals surface area contributed by atoms with Crippen LogP contribution >= 0.6 is 0 Å². The van der Waals surface area contributed by atoms with E-state index in [0.717, 1.165) is 16.7 Å². The molecular formula is C26H27N3O4S. The van der Waals surface area contributed by atoms with Crippen LogP contribution in [0.25, 0.3) is 0 Å². The Hall–Kier alpha value is -3.70. The van der Waals surface area contributed by atoms with E-state index in [9.17, 15) is 18.5 Å². The molecule has 0 aliphatic heterocycles. The van der Waals surface area contributed by atoms with Gasteiger partial charge in [-0.2, -0.15) is 5.26 Å². The highest BCUT2D eigenvalue weighted by Crippen LogP contribution is 2.33. The lowest BCUT2D eigenvalue weighted by Gasteiger charge is -2.21. The highest BCUT2D eigenvalue weighted by molar-refractivity contribution is 7.90. The Kier molecular flexibility index (Phi) is 6.80. The van der Waals surface area contributed by atoms with E-state index < -0.39 is 15.9 Å². The zero-order chi connectivity index (χ0) is 25.3. The zero-order valence-corrected chi connectivity index (χ0v) is 20.9. The monoisotopic (exact) mass is 477 g/mol. The fraction of sp³-hybridized carbons (Fsp3) is 0.269. The summed E-state index contributed by atoms with van der Waals surface area (Å²) in [6.45, 7) is 11.7. The van der Waals surface area contributed by atoms with Gasteiger partial charge < -0.3 is 4.74 Å². The van der Waals surface area contributed by atoms with E-state index in [-0.39, 0.29) is 27.3 Å².